The van der Waals surface area contributed by atoms with Crippen LogP contribution in [0.3, 0.4) is 0 Å². The Morgan fingerprint density at radius 3 is 2.43 bits per heavy atom. The van der Waals surface area contributed by atoms with Gasteiger partial charge >= 0.3 is 6.09 Å². The van der Waals surface area contributed by atoms with Crippen molar-refractivity contribution < 1.29 is 18.7 Å². The number of aromatic nitrogens is 1. The molecular formula is C21H24BrClFN3O3. The topological polar surface area (TPSA) is 54.9 Å². The molecule has 0 bridgehead atoms. The summed E-state index contributed by atoms with van der Waals surface area (Å²) in [5.41, 5.74) is 0.731. The van der Waals surface area contributed by atoms with Crippen molar-refractivity contribution in [2.24, 2.45) is 0 Å². The van der Waals surface area contributed by atoms with E-state index in [0.29, 0.717) is 58.5 Å². The van der Waals surface area contributed by atoms with Gasteiger partial charge in [0.05, 0.1) is 11.6 Å². The zero-order chi connectivity index (χ0) is 22.1. The number of piperazine rings is 1. The molecule has 1 aromatic carbocycles. The van der Waals surface area contributed by atoms with Crippen LogP contribution >= 0.6 is 27.5 Å². The molecular weight excluding hydrogens is 477 g/mol. The zero-order valence-electron chi connectivity index (χ0n) is 17.3. The van der Waals surface area contributed by atoms with Crippen molar-refractivity contribution in [1.82, 2.24) is 9.88 Å². The molecule has 3 rings (SSSR count). The Labute approximate surface area is 189 Å². The number of anilines is 1. The fraction of sp³-hybridized carbons (Fsp3) is 0.429. The van der Waals surface area contributed by atoms with Gasteiger partial charge in [-0.1, -0.05) is 11.6 Å². The molecule has 2 heterocycles. The maximum atomic E-state index is 14.0. The predicted octanol–water partition coefficient (Wildman–Crippen LogP) is 5.37. The van der Waals surface area contributed by atoms with Gasteiger partial charge in [-0.3, -0.25) is 0 Å². The molecule has 0 aliphatic carbocycles. The number of methoxy groups -OCH3 is 1. The van der Waals surface area contributed by atoms with Gasteiger partial charge in [0.15, 0.2) is 0 Å². The van der Waals surface area contributed by atoms with Gasteiger partial charge < -0.3 is 19.3 Å². The molecule has 1 amide bonds. The minimum absolute atomic E-state index is 0.291. The third-order valence-corrected chi connectivity index (χ3v) is 5.34. The van der Waals surface area contributed by atoms with Crippen LogP contribution in [0.5, 0.6) is 5.75 Å². The van der Waals surface area contributed by atoms with Crippen LogP contribution in [0, 0.1) is 5.82 Å². The van der Waals surface area contributed by atoms with Crippen molar-refractivity contribution in [3.8, 4) is 16.9 Å². The molecule has 1 aliphatic rings. The Morgan fingerprint density at radius 1 is 1.17 bits per heavy atom. The molecule has 1 aromatic heterocycles. The Bertz CT molecular complexity index is 944. The largest absolute Gasteiger partial charge is 0.495 e. The molecule has 0 saturated carbocycles. The van der Waals surface area contributed by atoms with Gasteiger partial charge in [0.2, 0.25) is 0 Å². The van der Waals surface area contributed by atoms with Crippen LogP contribution in [0.4, 0.5) is 15.0 Å². The first-order valence-electron chi connectivity index (χ1n) is 9.51. The van der Waals surface area contributed by atoms with Gasteiger partial charge in [-0.25, -0.2) is 14.2 Å². The first-order valence-corrected chi connectivity index (χ1v) is 10.7. The van der Waals surface area contributed by atoms with Crippen molar-refractivity contribution in [2.75, 3.05) is 38.2 Å². The van der Waals surface area contributed by atoms with Crippen LogP contribution in [-0.2, 0) is 4.74 Å². The molecule has 0 N–H and O–H groups in total. The fourth-order valence-corrected chi connectivity index (χ4v) is 4.03. The van der Waals surface area contributed by atoms with Gasteiger partial charge in [0.25, 0.3) is 0 Å². The molecule has 0 radical (unpaired) electrons. The summed E-state index contributed by atoms with van der Waals surface area (Å²) in [6.07, 6.45) is -0.323. The first kappa shape index (κ1) is 22.6. The van der Waals surface area contributed by atoms with Gasteiger partial charge in [0, 0.05) is 31.7 Å². The van der Waals surface area contributed by atoms with Gasteiger partial charge in [-0.2, -0.15) is 0 Å². The highest BCUT2D eigenvalue weighted by molar-refractivity contribution is 9.10. The summed E-state index contributed by atoms with van der Waals surface area (Å²) >= 11 is 9.61. The molecule has 2 aromatic rings. The summed E-state index contributed by atoms with van der Waals surface area (Å²) < 4.78 is 25.4. The number of hydrogen-bond donors (Lipinski definition) is 0. The smallest absolute Gasteiger partial charge is 0.410 e. The lowest BCUT2D eigenvalue weighted by atomic mass is 10.1. The van der Waals surface area contributed by atoms with Crippen LogP contribution in [-0.4, -0.2) is 54.9 Å². The highest BCUT2D eigenvalue weighted by Crippen LogP contribution is 2.39. The van der Waals surface area contributed by atoms with E-state index in [1.54, 1.807) is 11.0 Å². The number of ether oxygens (including phenoxy) is 2. The molecule has 0 unspecified atom stereocenters. The van der Waals surface area contributed by atoms with E-state index in [0.717, 1.165) is 0 Å². The second kappa shape index (κ2) is 8.98. The molecule has 1 saturated heterocycles. The summed E-state index contributed by atoms with van der Waals surface area (Å²) in [5, 5.41) is 0.291. The van der Waals surface area contributed by atoms with Crippen molar-refractivity contribution in [3.05, 3.63) is 39.7 Å². The number of hydrogen-bond acceptors (Lipinski definition) is 5. The molecule has 9 heteroatoms. The van der Waals surface area contributed by atoms with E-state index in [1.807, 2.05) is 31.7 Å². The molecule has 0 atom stereocenters. The highest BCUT2D eigenvalue weighted by atomic mass is 79.9. The average Bonchev–Trinajstić information content (AvgIpc) is 2.65. The standard InChI is InChI=1S/C21H24BrClFN3O3/c1-21(2,3)30-20(28)27-7-5-26(6-8-27)18-10-13(9-17(23)25-18)15-11-14(24)12-16(22)19(15)29-4/h9-12H,5-8H2,1-4H3. The van der Waals surface area contributed by atoms with Crippen LogP contribution in [0.25, 0.3) is 11.1 Å². The van der Waals surface area contributed by atoms with E-state index in [2.05, 4.69) is 20.9 Å². The Morgan fingerprint density at radius 2 is 1.83 bits per heavy atom. The number of pyridine rings is 1. The summed E-state index contributed by atoms with van der Waals surface area (Å²) in [5.74, 6) is 0.779. The summed E-state index contributed by atoms with van der Waals surface area (Å²) in [4.78, 5) is 20.4. The normalized spacial score (nSPS) is 14.6. The minimum Gasteiger partial charge on any atom is -0.495 e. The molecule has 162 valence electrons. The third kappa shape index (κ3) is 5.35. The maximum absolute atomic E-state index is 14.0. The van der Waals surface area contributed by atoms with E-state index in [9.17, 15) is 9.18 Å². The number of nitrogens with zero attached hydrogens (tertiary/aromatic N) is 3. The number of rotatable bonds is 3. The van der Waals surface area contributed by atoms with Crippen LogP contribution < -0.4 is 9.64 Å². The highest BCUT2D eigenvalue weighted by Gasteiger charge is 2.27. The van der Waals surface area contributed by atoms with E-state index < -0.39 is 11.4 Å². The van der Waals surface area contributed by atoms with Gasteiger partial charge in [0.1, 0.15) is 28.1 Å². The van der Waals surface area contributed by atoms with Crippen LogP contribution in [0.2, 0.25) is 5.15 Å². The number of benzene rings is 1. The maximum Gasteiger partial charge on any atom is 0.410 e. The van der Waals surface area contributed by atoms with Gasteiger partial charge in [-0.15, -0.1) is 0 Å². The Balaban J connectivity index is 1.82. The van der Waals surface area contributed by atoms with E-state index in [1.165, 1.54) is 19.2 Å². The predicted molar refractivity (Wildman–Crippen MR) is 119 cm³/mol. The monoisotopic (exact) mass is 499 g/mol. The first-order chi connectivity index (χ1) is 14.1. The van der Waals surface area contributed by atoms with Crippen molar-refractivity contribution in [3.63, 3.8) is 0 Å². The minimum atomic E-state index is -0.532. The Kier molecular flexibility index (Phi) is 6.77. The lowest BCUT2D eigenvalue weighted by Gasteiger charge is -2.36. The van der Waals surface area contributed by atoms with Crippen LogP contribution in [0.15, 0.2) is 28.7 Å². The number of carbonyl (C=O) groups is 1. The number of carbonyl (C=O) groups excluding carboxylic acids is 1. The van der Waals surface area contributed by atoms with E-state index >= 15 is 0 Å². The van der Waals surface area contributed by atoms with E-state index in [-0.39, 0.29) is 6.09 Å². The third-order valence-electron chi connectivity index (χ3n) is 4.56. The molecule has 6 nitrogen and oxygen atoms in total. The molecule has 0 spiro atoms. The van der Waals surface area contributed by atoms with Crippen LogP contribution in [0.1, 0.15) is 20.8 Å². The fourth-order valence-electron chi connectivity index (χ4n) is 3.23. The lowest BCUT2D eigenvalue weighted by Crippen LogP contribution is -2.50. The average molecular weight is 501 g/mol. The Hall–Kier alpha value is -2.06. The number of halogens is 3. The van der Waals surface area contributed by atoms with Crippen molar-refractivity contribution >= 4 is 39.4 Å². The van der Waals surface area contributed by atoms with Crippen molar-refractivity contribution in [2.45, 2.75) is 26.4 Å². The zero-order valence-corrected chi connectivity index (χ0v) is 19.7. The molecule has 1 fully saturated rings. The SMILES string of the molecule is COc1c(Br)cc(F)cc1-c1cc(Cl)nc(N2CCN(C(=O)OC(C)(C)C)CC2)c1. The van der Waals surface area contributed by atoms with Crippen molar-refractivity contribution in [1.29, 1.82) is 0 Å². The number of amides is 1. The summed E-state index contributed by atoms with van der Waals surface area (Å²) in [6.45, 7) is 7.71. The van der Waals surface area contributed by atoms with E-state index in [4.69, 9.17) is 21.1 Å². The quantitative estimate of drug-likeness (QED) is 0.531. The second-order valence-corrected chi connectivity index (χ2v) is 9.20. The second-order valence-electron chi connectivity index (χ2n) is 7.96. The molecule has 30 heavy (non-hydrogen) atoms. The lowest BCUT2D eigenvalue weighted by molar-refractivity contribution is 0.0240. The summed E-state index contributed by atoms with van der Waals surface area (Å²) in [6, 6.07) is 6.27. The summed E-state index contributed by atoms with van der Waals surface area (Å²) in [7, 11) is 1.53. The molecule has 1 aliphatic heterocycles. The van der Waals surface area contributed by atoms with Gasteiger partial charge in [-0.05, 0) is 66.5 Å².